The number of halogens is 1. The van der Waals surface area contributed by atoms with E-state index >= 15 is 0 Å². The molecule has 20 heavy (non-hydrogen) atoms. The van der Waals surface area contributed by atoms with Gasteiger partial charge in [0.2, 0.25) is 0 Å². The van der Waals surface area contributed by atoms with Crippen molar-refractivity contribution in [1.82, 2.24) is 14.5 Å². The molecule has 1 atom stereocenters. The highest BCUT2D eigenvalue weighted by Gasteiger charge is 2.34. The monoisotopic (exact) mass is 338 g/mol. The van der Waals surface area contributed by atoms with E-state index in [0.29, 0.717) is 0 Å². The average Bonchev–Trinajstić information content (AvgIpc) is 2.79. The second kappa shape index (κ2) is 5.00. The van der Waals surface area contributed by atoms with Crippen molar-refractivity contribution in [3.63, 3.8) is 0 Å². The zero-order valence-corrected chi connectivity index (χ0v) is 13.6. The molecule has 1 aliphatic heterocycles. The number of fused-ring (bicyclic) bond motifs is 1. The molecule has 3 heterocycles. The molecule has 3 rings (SSSR count). The minimum Gasteiger partial charge on any atom is -0.368 e. The second-order valence-electron chi connectivity index (χ2n) is 5.89. The van der Waals surface area contributed by atoms with Crippen LogP contribution in [0.4, 0.5) is 5.82 Å². The number of anilines is 1. The number of hydrogen-bond acceptors (Lipinski definition) is 4. The fourth-order valence-electron chi connectivity index (χ4n) is 2.82. The molecule has 1 aliphatic rings. The van der Waals surface area contributed by atoms with Gasteiger partial charge in [0.1, 0.15) is 5.52 Å². The molecule has 2 aromatic rings. The van der Waals surface area contributed by atoms with Crippen LogP contribution in [0.1, 0.15) is 13.8 Å². The third-order valence-electron chi connectivity index (χ3n) is 3.58. The van der Waals surface area contributed by atoms with E-state index < -0.39 is 0 Å². The molecule has 5 nitrogen and oxygen atoms in total. The van der Waals surface area contributed by atoms with Crippen LogP contribution in [0.5, 0.6) is 0 Å². The maximum atomic E-state index is 6.05. The van der Waals surface area contributed by atoms with E-state index in [2.05, 4.69) is 44.6 Å². The van der Waals surface area contributed by atoms with Crippen LogP contribution in [0.15, 0.2) is 18.6 Å². The molecule has 1 unspecified atom stereocenters. The summed E-state index contributed by atoms with van der Waals surface area (Å²) >= 11 is 3.52. The number of imidazole rings is 1. The van der Waals surface area contributed by atoms with Crippen LogP contribution >= 0.6 is 15.9 Å². The number of pyridine rings is 1. The lowest BCUT2D eigenvalue weighted by Crippen LogP contribution is -2.53. The molecule has 108 valence electrons. The molecule has 0 aliphatic carbocycles. The van der Waals surface area contributed by atoms with E-state index in [1.165, 1.54) is 0 Å². The highest BCUT2D eigenvalue weighted by atomic mass is 79.9. The smallest absolute Gasteiger partial charge is 0.156 e. The van der Waals surface area contributed by atoms with Crippen LogP contribution in [0.3, 0.4) is 0 Å². The Bertz CT molecular complexity index is 625. The van der Waals surface area contributed by atoms with Crippen molar-refractivity contribution in [2.24, 2.45) is 7.05 Å². The van der Waals surface area contributed by atoms with Gasteiger partial charge in [0.15, 0.2) is 5.82 Å². The van der Waals surface area contributed by atoms with E-state index in [9.17, 15) is 0 Å². The molecule has 2 aromatic heterocycles. The van der Waals surface area contributed by atoms with Gasteiger partial charge in [-0.3, -0.25) is 0 Å². The molecule has 0 bridgehead atoms. The molecule has 1 fully saturated rings. The third kappa shape index (κ3) is 2.42. The highest BCUT2D eigenvalue weighted by Crippen LogP contribution is 2.29. The van der Waals surface area contributed by atoms with E-state index in [0.717, 1.165) is 35.3 Å². The number of aryl methyl sites for hydroxylation is 1. The number of alkyl halides is 1. The van der Waals surface area contributed by atoms with Gasteiger partial charge in [-0.05, 0) is 19.9 Å². The van der Waals surface area contributed by atoms with Crippen LogP contribution in [0.2, 0.25) is 0 Å². The Hall–Kier alpha value is -1.14. The molecule has 0 aromatic carbocycles. The Labute approximate surface area is 127 Å². The van der Waals surface area contributed by atoms with Crippen molar-refractivity contribution in [1.29, 1.82) is 0 Å². The average molecular weight is 339 g/mol. The Balaban J connectivity index is 2.01. The molecule has 0 radical (unpaired) electrons. The van der Waals surface area contributed by atoms with Crippen LogP contribution in [0, 0.1) is 0 Å². The summed E-state index contributed by atoms with van der Waals surface area (Å²) in [6, 6.07) is 2.00. The summed E-state index contributed by atoms with van der Waals surface area (Å²) in [6.45, 7) is 5.89. The van der Waals surface area contributed by atoms with E-state index in [4.69, 9.17) is 4.74 Å². The largest absolute Gasteiger partial charge is 0.368 e. The van der Waals surface area contributed by atoms with Gasteiger partial charge in [0, 0.05) is 31.7 Å². The highest BCUT2D eigenvalue weighted by molar-refractivity contribution is 9.09. The van der Waals surface area contributed by atoms with Crippen molar-refractivity contribution in [3.05, 3.63) is 18.6 Å². The third-order valence-corrected chi connectivity index (χ3v) is 4.30. The van der Waals surface area contributed by atoms with Gasteiger partial charge in [0.25, 0.3) is 0 Å². The van der Waals surface area contributed by atoms with Gasteiger partial charge in [-0.2, -0.15) is 0 Å². The second-order valence-corrected chi connectivity index (χ2v) is 6.54. The minimum atomic E-state index is -0.185. The van der Waals surface area contributed by atoms with Crippen LogP contribution < -0.4 is 4.90 Å². The summed E-state index contributed by atoms with van der Waals surface area (Å²) in [6.07, 6.45) is 3.86. The van der Waals surface area contributed by atoms with E-state index in [1.807, 2.05) is 30.2 Å². The van der Waals surface area contributed by atoms with Gasteiger partial charge >= 0.3 is 0 Å². The topological polar surface area (TPSA) is 43.2 Å². The van der Waals surface area contributed by atoms with Crippen molar-refractivity contribution in [2.45, 2.75) is 25.6 Å². The van der Waals surface area contributed by atoms with Gasteiger partial charge in [-0.15, -0.1) is 0 Å². The maximum absolute atomic E-state index is 6.05. The normalized spacial score (nSPS) is 22.4. The quantitative estimate of drug-likeness (QED) is 0.788. The SMILES string of the molecule is Cn1cnc2c(N3CC(CBr)OC(C)(C)C3)nccc21. The van der Waals surface area contributed by atoms with E-state index in [-0.39, 0.29) is 11.7 Å². The first-order chi connectivity index (χ1) is 9.50. The number of aromatic nitrogens is 3. The van der Waals surface area contributed by atoms with Crippen molar-refractivity contribution >= 4 is 32.8 Å². The lowest BCUT2D eigenvalue weighted by Gasteiger charge is -2.42. The van der Waals surface area contributed by atoms with Gasteiger partial charge in [-0.25, -0.2) is 9.97 Å². The van der Waals surface area contributed by atoms with Gasteiger partial charge < -0.3 is 14.2 Å². The predicted molar refractivity (Wildman–Crippen MR) is 83.5 cm³/mol. The Morgan fingerprint density at radius 2 is 2.25 bits per heavy atom. The van der Waals surface area contributed by atoms with Crippen molar-refractivity contribution in [3.8, 4) is 0 Å². The minimum absolute atomic E-state index is 0.166. The molecular weight excluding hydrogens is 320 g/mol. The summed E-state index contributed by atoms with van der Waals surface area (Å²) in [5, 5.41) is 0.825. The summed E-state index contributed by atoms with van der Waals surface area (Å²) in [4.78, 5) is 11.3. The molecule has 0 saturated carbocycles. The molecule has 0 N–H and O–H groups in total. The number of rotatable bonds is 2. The van der Waals surface area contributed by atoms with Crippen molar-refractivity contribution < 1.29 is 4.74 Å². The zero-order chi connectivity index (χ0) is 14.3. The number of ether oxygens (including phenoxy) is 1. The van der Waals surface area contributed by atoms with Crippen LogP contribution in [-0.4, -0.2) is 44.7 Å². The summed E-state index contributed by atoms with van der Waals surface area (Å²) < 4.78 is 8.07. The van der Waals surface area contributed by atoms with Crippen molar-refractivity contribution in [2.75, 3.05) is 23.3 Å². The maximum Gasteiger partial charge on any atom is 0.156 e. The first-order valence-electron chi connectivity index (χ1n) is 6.75. The Kier molecular flexibility index (Phi) is 3.46. The summed E-state index contributed by atoms with van der Waals surface area (Å²) in [7, 11) is 2.00. The molecule has 0 amide bonds. The lowest BCUT2D eigenvalue weighted by molar-refractivity contribution is -0.0725. The molecular formula is C14H19BrN4O. The molecule has 0 spiro atoms. The fourth-order valence-corrected chi connectivity index (χ4v) is 3.15. The van der Waals surface area contributed by atoms with E-state index in [1.54, 1.807) is 0 Å². The standard InChI is InChI=1S/C14H19BrN4O/c1-14(2)8-19(7-10(6-15)20-14)13-12-11(4-5-16-13)18(3)9-17-12/h4-5,9-10H,6-8H2,1-3H3. The molecule has 6 heteroatoms. The Morgan fingerprint density at radius 3 is 3.00 bits per heavy atom. The first kappa shape index (κ1) is 13.8. The number of morpholine rings is 1. The number of hydrogen-bond donors (Lipinski definition) is 0. The first-order valence-corrected chi connectivity index (χ1v) is 7.87. The lowest BCUT2D eigenvalue weighted by atomic mass is 10.1. The Morgan fingerprint density at radius 1 is 1.45 bits per heavy atom. The van der Waals surface area contributed by atoms with Crippen LogP contribution in [0.25, 0.3) is 11.0 Å². The van der Waals surface area contributed by atoms with Gasteiger partial charge in [0.05, 0.1) is 23.5 Å². The predicted octanol–water partition coefficient (Wildman–Crippen LogP) is 2.35. The fraction of sp³-hybridized carbons (Fsp3) is 0.571. The summed E-state index contributed by atoms with van der Waals surface area (Å²) in [5.74, 6) is 0.949. The van der Waals surface area contributed by atoms with Gasteiger partial charge in [-0.1, -0.05) is 15.9 Å². The molecule has 1 saturated heterocycles. The van der Waals surface area contributed by atoms with Crippen LogP contribution in [-0.2, 0) is 11.8 Å². The number of nitrogens with zero attached hydrogens (tertiary/aromatic N) is 4. The summed E-state index contributed by atoms with van der Waals surface area (Å²) in [5.41, 5.74) is 1.88. The zero-order valence-electron chi connectivity index (χ0n) is 12.0.